The van der Waals surface area contributed by atoms with Crippen molar-refractivity contribution in [2.24, 2.45) is 4.99 Å². The number of urea groups is 1. The normalized spacial score (nSPS) is 14.9. The van der Waals surface area contributed by atoms with Crippen LogP contribution in [0.15, 0.2) is 65.7 Å². The van der Waals surface area contributed by atoms with Crippen LogP contribution in [0.4, 0.5) is 16.2 Å². The largest absolute Gasteiger partial charge is 0.497 e. The number of fused-ring (bicyclic) bond motifs is 2. The average Bonchev–Trinajstić information content (AvgIpc) is 3.23. The molecule has 0 spiro atoms. The summed E-state index contributed by atoms with van der Waals surface area (Å²) in [6, 6.07) is 19.1. The lowest BCUT2D eigenvalue weighted by molar-refractivity contribution is 0.214. The highest BCUT2D eigenvalue weighted by Gasteiger charge is 2.27. The van der Waals surface area contributed by atoms with Gasteiger partial charge in [-0.1, -0.05) is 18.2 Å². The van der Waals surface area contributed by atoms with E-state index in [1.54, 1.807) is 14.2 Å². The molecular formula is C28H30N4O4. The van der Waals surface area contributed by atoms with E-state index in [0.29, 0.717) is 31.1 Å². The van der Waals surface area contributed by atoms with E-state index in [0.717, 1.165) is 52.9 Å². The Morgan fingerprint density at radius 3 is 2.64 bits per heavy atom. The predicted molar refractivity (Wildman–Crippen MR) is 140 cm³/mol. The van der Waals surface area contributed by atoms with Crippen LogP contribution in [-0.4, -0.2) is 62.1 Å². The monoisotopic (exact) mass is 486 g/mol. The molecular weight excluding hydrogens is 456 g/mol. The molecule has 0 bridgehead atoms. The maximum absolute atomic E-state index is 13.1. The van der Waals surface area contributed by atoms with Crippen molar-refractivity contribution in [1.29, 1.82) is 0 Å². The molecule has 2 amide bonds. The number of methoxy groups -OCH3 is 2. The molecule has 0 unspecified atom stereocenters. The molecule has 2 aliphatic heterocycles. The fraction of sp³-hybridized carbons (Fsp3) is 0.286. The standard InChI is InChI=1S/C28H30N4O4/c1-19-9-11-23-26(17-19)36-24-12-10-20(34-2)18-21(24)27(29-23)31-13-6-14-32(16-15-31)28(33)30-22-7-4-5-8-25(22)35-3/h4-5,7-12,17-18H,6,13-16H2,1-3H3,(H,30,33). The Kier molecular flexibility index (Phi) is 6.66. The van der Waals surface area contributed by atoms with Gasteiger partial charge in [0.1, 0.15) is 28.8 Å². The van der Waals surface area contributed by atoms with Gasteiger partial charge in [-0.25, -0.2) is 9.79 Å². The number of aliphatic imine (C=N–C) groups is 1. The molecule has 3 aromatic carbocycles. The third kappa shape index (κ3) is 4.79. The quantitative estimate of drug-likeness (QED) is 0.534. The zero-order chi connectivity index (χ0) is 25.1. The smallest absolute Gasteiger partial charge is 0.322 e. The number of amides is 2. The van der Waals surface area contributed by atoms with Gasteiger partial charge in [-0.2, -0.15) is 0 Å². The Bertz CT molecular complexity index is 1310. The SMILES string of the molecule is COc1ccc2c(c1)C(N1CCCN(C(=O)Nc3ccccc3OC)CC1)=Nc1ccc(C)cc1O2. The van der Waals surface area contributed by atoms with Crippen LogP contribution in [0.1, 0.15) is 17.5 Å². The molecule has 0 aromatic heterocycles. The molecule has 2 heterocycles. The van der Waals surface area contributed by atoms with Crippen LogP contribution < -0.4 is 19.5 Å². The van der Waals surface area contributed by atoms with Crippen molar-refractivity contribution >= 4 is 23.2 Å². The van der Waals surface area contributed by atoms with E-state index < -0.39 is 0 Å². The number of benzene rings is 3. The van der Waals surface area contributed by atoms with E-state index in [9.17, 15) is 4.79 Å². The Balaban J connectivity index is 1.41. The first-order valence-corrected chi connectivity index (χ1v) is 12.0. The van der Waals surface area contributed by atoms with E-state index in [2.05, 4.69) is 10.2 Å². The fourth-order valence-corrected chi connectivity index (χ4v) is 4.50. The highest BCUT2D eigenvalue weighted by molar-refractivity contribution is 6.04. The molecule has 1 N–H and O–H groups in total. The van der Waals surface area contributed by atoms with E-state index in [1.807, 2.05) is 72.5 Å². The number of hydrogen-bond acceptors (Lipinski definition) is 6. The van der Waals surface area contributed by atoms with Gasteiger partial charge in [0.2, 0.25) is 0 Å². The predicted octanol–water partition coefficient (Wildman–Crippen LogP) is 5.44. The number of carbonyl (C=O) groups is 1. The van der Waals surface area contributed by atoms with Gasteiger partial charge in [0.15, 0.2) is 5.75 Å². The second-order valence-corrected chi connectivity index (χ2v) is 8.83. The second-order valence-electron chi connectivity index (χ2n) is 8.83. The highest BCUT2D eigenvalue weighted by atomic mass is 16.5. The van der Waals surface area contributed by atoms with Gasteiger partial charge >= 0.3 is 6.03 Å². The molecule has 8 heteroatoms. The Hall–Kier alpha value is -4.20. The molecule has 8 nitrogen and oxygen atoms in total. The van der Waals surface area contributed by atoms with Crippen molar-refractivity contribution in [2.45, 2.75) is 13.3 Å². The van der Waals surface area contributed by atoms with E-state index in [-0.39, 0.29) is 6.03 Å². The van der Waals surface area contributed by atoms with Gasteiger partial charge in [0, 0.05) is 26.2 Å². The molecule has 186 valence electrons. The van der Waals surface area contributed by atoms with Crippen LogP contribution in [0.5, 0.6) is 23.0 Å². The topological polar surface area (TPSA) is 75.6 Å². The number of para-hydroxylation sites is 2. The maximum Gasteiger partial charge on any atom is 0.322 e. The summed E-state index contributed by atoms with van der Waals surface area (Å²) in [7, 11) is 3.25. The third-order valence-corrected chi connectivity index (χ3v) is 6.42. The van der Waals surface area contributed by atoms with Crippen LogP contribution in [0.2, 0.25) is 0 Å². The van der Waals surface area contributed by atoms with E-state index in [4.69, 9.17) is 19.2 Å². The van der Waals surface area contributed by atoms with Crippen LogP contribution in [0.3, 0.4) is 0 Å². The van der Waals surface area contributed by atoms with Crippen molar-refractivity contribution in [2.75, 3.05) is 45.7 Å². The molecule has 0 atom stereocenters. The summed E-state index contributed by atoms with van der Waals surface area (Å²) >= 11 is 0. The minimum Gasteiger partial charge on any atom is -0.497 e. The number of nitrogens with zero attached hydrogens (tertiary/aromatic N) is 3. The first-order valence-electron chi connectivity index (χ1n) is 12.0. The minimum absolute atomic E-state index is 0.143. The van der Waals surface area contributed by atoms with Crippen LogP contribution in [0, 0.1) is 6.92 Å². The van der Waals surface area contributed by atoms with Crippen molar-refractivity contribution < 1.29 is 19.0 Å². The number of anilines is 1. The van der Waals surface area contributed by atoms with Gasteiger partial charge in [0.05, 0.1) is 25.5 Å². The molecule has 0 radical (unpaired) electrons. The summed E-state index contributed by atoms with van der Waals surface area (Å²) in [5.41, 5.74) is 3.41. The zero-order valence-corrected chi connectivity index (χ0v) is 20.8. The van der Waals surface area contributed by atoms with Gasteiger partial charge in [-0.3, -0.25) is 0 Å². The molecule has 3 aromatic rings. The average molecular weight is 487 g/mol. The Labute approximate surface area is 211 Å². The number of aryl methyl sites for hydroxylation is 1. The van der Waals surface area contributed by atoms with Crippen molar-refractivity contribution in [3.8, 4) is 23.0 Å². The molecule has 2 aliphatic rings. The number of hydrogen-bond donors (Lipinski definition) is 1. The first kappa shape index (κ1) is 23.5. The molecule has 0 saturated carbocycles. The lowest BCUT2D eigenvalue weighted by Crippen LogP contribution is -2.39. The highest BCUT2D eigenvalue weighted by Crippen LogP contribution is 2.40. The lowest BCUT2D eigenvalue weighted by atomic mass is 10.1. The summed E-state index contributed by atoms with van der Waals surface area (Å²) in [6.07, 6.45) is 0.805. The Morgan fingerprint density at radius 1 is 0.944 bits per heavy atom. The maximum atomic E-state index is 13.1. The number of amidine groups is 1. The van der Waals surface area contributed by atoms with Crippen LogP contribution in [-0.2, 0) is 0 Å². The van der Waals surface area contributed by atoms with E-state index in [1.165, 1.54) is 0 Å². The molecule has 0 aliphatic carbocycles. The zero-order valence-electron chi connectivity index (χ0n) is 20.8. The summed E-state index contributed by atoms with van der Waals surface area (Å²) in [4.78, 5) is 22.2. The third-order valence-electron chi connectivity index (χ3n) is 6.42. The number of rotatable bonds is 3. The summed E-state index contributed by atoms with van der Waals surface area (Å²) in [5.74, 6) is 3.64. The minimum atomic E-state index is -0.143. The van der Waals surface area contributed by atoms with Crippen molar-refractivity contribution in [3.63, 3.8) is 0 Å². The summed E-state index contributed by atoms with van der Waals surface area (Å²) in [6.45, 7) is 4.63. The van der Waals surface area contributed by atoms with Gasteiger partial charge < -0.3 is 29.3 Å². The van der Waals surface area contributed by atoms with Crippen molar-refractivity contribution in [1.82, 2.24) is 9.80 Å². The second kappa shape index (κ2) is 10.2. The molecule has 1 fully saturated rings. The molecule has 36 heavy (non-hydrogen) atoms. The fourth-order valence-electron chi connectivity index (χ4n) is 4.50. The number of carbonyl (C=O) groups excluding carboxylic acids is 1. The Morgan fingerprint density at radius 2 is 1.81 bits per heavy atom. The number of nitrogens with one attached hydrogen (secondary N) is 1. The van der Waals surface area contributed by atoms with Crippen molar-refractivity contribution in [3.05, 3.63) is 71.8 Å². The van der Waals surface area contributed by atoms with Gasteiger partial charge in [0.25, 0.3) is 0 Å². The van der Waals surface area contributed by atoms with Crippen LogP contribution in [0.25, 0.3) is 0 Å². The summed E-state index contributed by atoms with van der Waals surface area (Å²) < 4.78 is 17.2. The van der Waals surface area contributed by atoms with Gasteiger partial charge in [-0.15, -0.1) is 0 Å². The molecule has 1 saturated heterocycles. The molecule has 5 rings (SSSR count). The van der Waals surface area contributed by atoms with Crippen LogP contribution >= 0.6 is 0 Å². The van der Waals surface area contributed by atoms with E-state index >= 15 is 0 Å². The summed E-state index contributed by atoms with van der Waals surface area (Å²) in [5, 5.41) is 2.99. The number of ether oxygens (including phenoxy) is 3. The van der Waals surface area contributed by atoms with Gasteiger partial charge in [-0.05, 0) is 61.4 Å². The lowest BCUT2D eigenvalue weighted by Gasteiger charge is -2.25. The first-order chi connectivity index (χ1) is 17.6.